The molecule has 1 N–H and O–H groups in total. The fourth-order valence-electron chi connectivity index (χ4n) is 3.33. The molecule has 3 heterocycles. The zero-order valence-electron chi connectivity index (χ0n) is 16.2. The van der Waals surface area contributed by atoms with Gasteiger partial charge in [-0.3, -0.25) is 9.59 Å². The molecule has 0 saturated carbocycles. The molecule has 2 aromatic heterocycles. The number of furan rings is 1. The van der Waals surface area contributed by atoms with E-state index in [1.807, 2.05) is 31.2 Å². The highest BCUT2D eigenvalue weighted by atomic mass is 16.3. The van der Waals surface area contributed by atoms with Crippen LogP contribution >= 0.6 is 0 Å². The summed E-state index contributed by atoms with van der Waals surface area (Å²) in [6, 6.07) is 14.7. The first-order valence-corrected chi connectivity index (χ1v) is 9.52. The molecule has 1 fully saturated rings. The summed E-state index contributed by atoms with van der Waals surface area (Å²) in [5.74, 6) is 0.740. The van der Waals surface area contributed by atoms with Gasteiger partial charge < -0.3 is 19.5 Å². The fraction of sp³-hybridized carbons (Fsp3) is 0.227. The second-order valence-electron chi connectivity index (χ2n) is 6.93. The van der Waals surface area contributed by atoms with Crippen molar-refractivity contribution >= 4 is 23.3 Å². The van der Waals surface area contributed by atoms with Crippen LogP contribution in [0.4, 0.5) is 11.5 Å². The van der Waals surface area contributed by atoms with Gasteiger partial charge in [-0.15, -0.1) is 0 Å². The number of amides is 2. The molecular formula is C22H22N4O3. The van der Waals surface area contributed by atoms with Crippen molar-refractivity contribution < 1.29 is 14.0 Å². The molecule has 1 aliphatic heterocycles. The number of carbonyl (C=O) groups is 2. The summed E-state index contributed by atoms with van der Waals surface area (Å²) < 4.78 is 5.18. The average molecular weight is 390 g/mol. The van der Waals surface area contributed by atoms with Crippen LogP contribution in [0.2, 0.25) is 0 Å². The van der Waals surface area contributed by atoms with Gasteiger partial charge in [0.15, 0.2) is 5.76 Å². The predicted molar refractivity (Wildman–Crippen MR) is 109 cm³/mol. The number of benzene rings is 1. The van der Waals surface area contributed by atoms with Crippen LogP contribution in [0.15, 0.2) is 65.4 Å². The van der Waals surface area contributed by atoms with Crippen molar-refractivity contribution in [1.82, 2.24) is 14.8 Å². The lowest BCUT2D eigenvalue weighted by Crippen LogP contribution is -2.50. The molecule has 0 spiro atoms. The van der Waals surface area contributed by atoms with Gasteiger partial charge in [0.2, 0.25) is 0 Å². The first kappa shape index (κ1) is 18.7. The minimum atomic E-state index is -0.143. The molecule has 148 valence electrons. The van der Waals surface area contributed by atoms with Gasteiger partial charge in [0.1, 0.15) is 5.82 Å². The van der Waals surface area contributed by atoms with E-state index >= 15 is 0 Å². The molecule has 29 heavy (non-hydrogen) atoms. The van der Waals surface area contributed by atoms with Crippen LogP contribution in [0.1, 0.15) is 26.5 Å². The minimum absolute atomic E-state index is 0.0645. The molecule has 7 heteroatoms. The second-order valence-corrected chi connectivity index (χ2v) is 6.93. The van der Waals surface area contributed by atoms with E-state index in [1.54, 1.807) is 40.3 Å². The van der Waals surface area contributed by atoms with Gasteiger partial charge in [-0.2, -0.15) is 0 Å². The number of para-hydroxylation sites is 1. The molecule has 7 nitrogen and oxygen atoms in total. The van der Waals surface area contributed by atoms with Gasteiger partial charge in [-0.05, 0) is 42.8 Å². The fourth-order valence-corrected chi connectivity index (χ4v) is 3.33. The Hall–Kier alpha value is -3.61. The quantitative estimate of drug-likeness (QED) is 0.739. The molecular weight excluding hydrogens is 368 g/mol. The van der Waals surface area contributed by atoms with E-state index in [0.29, 0.717) is 43.3 Å². The van der Waals surface area contributed by atoms with E-state index in [4.69, 9.17) is 4.42 Å². The Balaban J connectivity index is 1.40. The monoisotopic (exact) mass is 390 g/mol. The predicted octanol–water partition coefficient (Wildman–Crippen LogP) is 3.32. The Bertz CT molecular complexity index is 1010. The summed E-state index contributed by atoms with van der Waals surface area (Å²) in [6.07, 6.45) is 3.11. The highest BCUT2D eigenvalue weighted by Crippen LogP contribution is 2.20. The van der Waals surface area contributed by atoms with E-state index in [9.17, 15) is 9.59 Å². The summed E-state index contributed by atoms with van der Waals surface area (Å²) >= 11 is 0. The van der Waals surface area contributed by atoms with Gasteiger partial charge in [-0.25, -0.2) is 4.98 Å². The number of piperazine rings is 1. The van der Waals surface area contributed by atoms with Crippen LogP contribution in [0.5, 0.6) is 0 Å². The molecule has 1 saturated heterocycles. The van der Waals surface area contributed by atoms with Crippen LogP contribution in [0.25, 0.3) is 0 Å². The number of aromatic nitrogens is 1. The number of anilines is 2. The van der Waals surface area contributed by atoms with E-state index in [2.05, 4.69) is 10.3 Å². The highest BCUT2D eigenvalue weighted by molar-refractivity contribution is 5.95. The van der Waals surface area contributed by atoms with E-state index in [-0.39, 0.29) is 11.8 Å². The Morgan fingerprint density at radius 1 is 0.966 bits per heavy atom. The van der Waals surface area contributed by atoms with Gasteiger partial charge in [0.25, 0.3) is 11.8 Å². The second kappa shape index (κ2) is 8.18. The lowest BCUT2D eigenvalue weighted by molar-refractivity contribution is 0.0518. The average Bonchev–Trinajstić information content (AvgIpc) is 3.30. The molecule has 1 aliphatic rings. The number of pyridine rings is 1. The van der Waals surface area contributed by atoms with Crippen LogP contribution in [-0.2, 0) is 0 Å². The first-order valence-electron chi connectivity index (χ1n) is 9.52. The number of nitrogens with zero attached hydrogens (tertiary/aromatic N) is 3. The van der Waals surface area contributed by atoms with Crippen molar-refractivity contribution in [2.24, 2.45) is 0 Å². The molecule has 0 unspecified atom stereocenters. The van der Waals surface area contributed by atoms with E-state index < -0.39 is 0 Å². The van der Waals surface area contributed by atoms with Crippen molar-refractivity contribution in [2.75, 3.05) is 31.5 Å². The Morgan fingerprint density at radius 2 is 1.69 bits per heavy atom. The number of nitrogens with one attached hydrogen (secondary N) is 1. The maximum absolute atomic E-state index is 12.9. The van der Waals surface area contributed by atoms with Gasteiger partial charge in [0.05, 0.1) is 6.26 Å². The van der Waals surface area contributed by atoms with Crippen molar-refractivity contribution in [2.45, 2.75) is 6.92 Å². The molecule has 0 aliphatic carbocycles. The van der Waals surface area contributed by atoms with Crippen LogP contribution < -0.4 is 5.32 Å². The van der Waals surface area contributed by atoms with Crippen molar-refractivity contribution in [3.05, 3.63) is 77.9 Å². The SMILES string of the molecule is Cc1ccccc1Nc1cc(C(=O)N2CCN(C(=O)c3ccco3)CC2)ccn1. The van der Waals surface area contributed by atoms with Gasteiger partial charge in [-0.1, -0.05) is 18.2 Å². The zero-order chi connectivity index (χ0) is 20.2. The van der Waals surface area contributed by atoms with Crippen LogP contribution in [0, 0.1) is 6.92 Å². The maximum atomic E-state index is 12.9. The Kier molecular flexibility index (Phi) is 5.29. The molecule has 1 aromatic carbocycles. The normalized spacial score (nSPS) is 14.0. The third-order valence-electron chi connectivity index (χ3n) is 5.00. The van der Waals surface area contributed by atoms with Crippen LogP contribution in [-0.4, -0.2) is 52.8 Å². The summed E-state index contributed by atoms with van der Waals surface area (Å²) in [7, 11) is 0. The lowest BCUT2D eigenvalue weighted by Gasteiger charge is -2.34. The summed E-state index contributed by atoms with van der Waals surface area (Å²) in [4.78, 5) is 33.1. The molecule has 0 radical (unpaired) electrons. The van der Waals surface area contributed by atoms with Gasteiger partial charge in [0, 0.05) is 43.6 Å². The van der Waals surface area contributed by atoms with Crippen molar-refractivity contribution in [3.8, 4) is 0 Å². The molecule has 4 rings (SSSR count). The molecule has 2 amide bonds. The Morgan fingerprint density at radius 3 is 2.38 bits per heavy atom. The summed E-state index contributed by atoms with van der Waals surface area (Å²) in [5, 5.41) is 3.26. The maximum Gasteiger partial charge on any atom is 0.289 e. The van der Waals surface area contributed by atoms with Crippen molar-refractivity contribution in [1.29, 1.82) is 0 Å². The molecule has 3 aromatic rings. The number of carbonyl (C=O) groups excluding carboxylic acids is 2. The third-order valence-corrected chi connectivity index (χ3v) is 5.00. The topological polar surface area (TPSA) is 78.7 Å². The highest BCUT2D eigenvalue weighted by Gasteiger charge is 2.26. The lowest BCUT2D eigenvalue weighted by atomic mass is 10.2. The summed E-state index contributed by atoms with van der Waals surface area (Å²) in [5.41, 5.74) is 2.62. The number of aryl methyl sites for hydroxylation is 1. The van der Waals surface area contributed by atoms with E-state index in [1.165, 1.54) is 6.26 Å². The number of hydrogen-bond donors (Lipinski definition) is 1. The van der Waals surface area contributed by atoms with Gasteiger partial charge >= 0.3 is 0 Å². The third kappa shape index (κ3) is 4.13. The molecule has 0 atom stereocenters. The zero-order valence-corrected chi connectivity index (χ0v) is 16.2. The first-order chi connectivity index (χ1) is 14.1. The standard InChI is InChI=1S/C22H22N4O3/c1-16-5-2-3-6-18(16)24-20-15-17(8-9-23-20)21(27)25-10-12-26(13-11-25)22(28)19-7-4-14-29-19/h2-9,14-15H,10-13H2,1H3,(H,23,24). The minimum Gasteiger partial charge on any atom is -0.459 e. The van der Waals surface area contributed by atoms with E-state index in [0.717, 1.165) is 11.3 Å². The number of rotatable bonds is 4. The van der Waals surface area contributed by atoms with Crippen LogP contribution in [0.3, 0.4) is 0 Å². The number of hydrogen-bond acceptors (Lipinski definition) is 5. The largest absolute Gasteiger partial charge is 0.459 e. The Labute approximate surface area is 169 Å². The summed E-state index contributed by atoms with van der Waals surface area (Å²) in [6.45, 7) is 3.93. The molecule has 0 bridgehead atoms. The smallest absolute Gasteiger partial charge is 0.289 e. The van der Waals surface area contributed by atoms with Crippen molar-refractivity contribution in [3.63, 3.8) is 0 Å².